The highest BCUT2D eigenvalue weighted by atomic mass is 127. The molecule has 2 rings (SSSR count). The zero-order valence-electron chi connectivity index (χ0n) is 19.6. The number of nitrogens with zero attached hydrogens (tertiary/aromatic N) is 2. The summed E-state index contributed by atoms with van der Waals surface area (Å²) in [7, 11) is 5.13. The van der Waals surface area contributed by atoms with E-state index < -0.39 is 0 Å². The maximum absolute atomic E-state index is 11.9. The van der Waals surface area contributed by atoms with Crippen molar-refractivity contribution in [1.82, 2.24) is 15.5 Å². The number of carbonyl (C=O) groups excluding carboxylic acids is 1. The Balaban J connectivity index is 0.00000512. The van der Waals surface area contributed by atoms with Crippen LogP contribution in [-0.2, 0) is 20.7 Å². The molecule has 1 aromatic carbocycles. The Morgan fingerprint density at radius 1 is 1.16 bits per heavy atom. The van der Waals surface area contributed by atoms with Crippen molar-refractivity contribution < 1.29 is 19.0 Å². The number of methoxy groups -OCH3 is 1. The Bertz CT molecular complexity index is 664. The minimum atomic E-state index is -0.0314. The van der Waals surface area contributed by atoms with Crippen molar-refractivity contribution in [3.05, 3.63) is 29.8 Å². The number of halogens is 1. The molecule has 1 heterocycles. The third-order valence-electron chi connectivity index (χ3n) is 5.19. The molecule has 0 aliphatic carbocycles. The van der Waals surface area contributed by atoms with Crippen LogP contribution in [0.3, 0.4) is 0 Å². The molecule has 0 atom stereocenters. The van der Waals surface area contributed by atoms with Crippen LogP contribution < -0.4 is 15.4 Å². The van der Waals surface area contributed by atoms with Gasteiger partial charge in [0.15, 0.2) is 5.96 Å². The Hall–Kier alpha value is -1.59. The van der Waals surface area contributed by atoms with Crippen LogP contribution in [0.25, 0.3) is 0 Å². The summed E-state index contributed by atoms with van der Waals surface area (Å²) in [5.41, 5.74) is 1.21. The number of guanidine groups is 1. The van der Waals surface area contributed by atoms with Crippen LogP contribution in [0.15, 0.2) is 29.3 Å². The van der Waals surface area contributed by atoms with Crippen LogP contribution in [0, 0.1) is 5.92 Å². The number of benzene rings is 1. The Morgan fingerprint density at radius 3 is 2.50 bits per heavy atom. The molecule has 1 aliphatic heterocycles. The fourth-order valence-electron chi connectivity index (χ4n) is 3.12. The zero-order chi connectivity index (χ0) is 22.3. The highest BCUT2D eigenvalue weighted by molar-refractivity contribution is 14.0. The van der Waals surface area contributed by atoms with Crippen LogP contribution >= 0.6 is 24.0 Å². The Labute approximate surface area is 209 Å². The van der Waals surface area contributed by atoms with Crippen molar-refractivity contribution in [2.75, 3.05) is 67.3 Å². The zero-order valence-corrected chi connectivity index (χ0v) is 21.9. The van der Waals surface area contributed by atoms with Gasteiger partial charge in [-0.25, -0.2) is 4.99 Å². The summed E-state index contributed by atoms with van der Waals surface area (Å²) in [6.45, 7) is 4.78. The number of carbonyl (C=O) groups is 1. The van der Waals surface area contributed by atoms with Crippen molar-refractivity contribution in [2.45, 2.75) is 25.7 Å². The molecule has 2 N–H and O–H groups in total. The number of likely N-dealkylation sites (N-methyl/N-ethyl adjacent to an activating group) is 1. The molecule has 0 unspecified atom stereocenters. The van der Waals surface area contributed by atoms with E-state index in [1.165, 1.54) is 5.56 Å². The van der Waals surface area contributed by atoms with E-state index in [1.807, 2.05) is 12.1 Å². The minimum absolute atomic E-state index is 0. The summed E-state index contributed by atoms with van der Waals surface area (Å²) >= 11 is 0. The number of hydrogen-bond donors (Lipinski definition) is 2. The maximum Gasteiger partial charge on any atom is 0.243 e. The standard InChI is InChI=1S/C23H38N4O4.HI/c1-27(2)22(28)17-26-23(25-13-9-19-5-7-21(29-3)8-6-19)24-12-4-14-31-18-20-10-15-30-16-11-20;/h5-8,20H,4,9-18H2,1-3H3,(H2,24,25,26);1H. The van der Waals surface area contributed by atoms with E-state index in [9.17, 15) is 4.79 Å². The summed E-state index contributed by atoms with van der Waals surface area (Å²) in [4.78, 5) is 17.9. The predicted molar refractivity (Wildman–Crippen MR) is 138 cm³/mol. The third kappa shape index (κ3) is 11.9. The van der Waals surface area contributed by atoms with Gasteiger partial charge >= 0.3 is 0 Å². The molecule has 0 aromatic heterocycles. The summed E-state index contributed by atoms with van der Waals surface area (Å²) in [6.07, 6.45) is 3.91. The van der Waals surface area contributed by atoms with E-state index in [2.05, 4.69) is 27.8 Å². The summed E-state index contributed by atoms with van der Waals surface area (Å²) < 4.78 is 16.4. The van der Waals surface area contributed by atoms with Gasteiger partial charge in [0.1, 0.15) is 12.3 Å². The van der Waals surface area contributed by atoms with Gasteiger partial charge in [0, 0.05) is 53.6 Å². The summed E-state index contributed by atoms with van der Waals surface area (Å²) in [5, 5.41) is 6.62. The highest BCUT2D eigenvalue weighted by Crippen LogP contribution is 2.14. The molecule has 9 heteroatoms. The summed E-state index contributed by atoms with van der Waals surface area (Å²) in [6, 6.07) is 8.02. The van der Waals surface area contributed by atoms with Gasteiger partial charge < -0.3 is 29.7 Å². The Morgan fingerprint density at radius 2 is 1.84 bits per heavy atom. The van der Waals surface area contributed by atoms with Crippen molar-refractivity contribution in [3.63, 3.8) is 0 Å². The number of amides is 1. The van der Waals surface area contributed by atoms with Crippen LogP contribution in [0.1, 0.15) is 24.8 Å². The average Bonchev–Trinajstić information content (AvgIpc) is 2.80. The smallest absolute Gasteiger partial charge is 0.243 e. The molecular formula is C23H39IN4O4. The molecule has 8 nitrogen and oxygen atoms in total. The first kappa shape index (κ1) is 28.4. The van der Waals surface area contributed by atoms with Crippen LogP contribution in [0.5, 0.6) is 5.75 Å². The largest absolute Gasteiger partial charge is 0.497 e. The van der Waals surface area contributed by atoms with E-state index in [1.54, 1.807) is 26.1 Å². The van der Waals surface area contributed by atoms with Crippen LogP contribution in [0.2, 0.25) is 0 Å². The van der Waals surface area contributed by atoms with Crippen LogP contribution in [0.4, 0.5) is 0 Å². The number of nitrogens with one attached hydrogen (secondary N) is 2. The molecule has 32 heavy (non-hydrogen) atoms. The van der Waals surface area contributed by atoms with E-state index in [-0.39, 0.29) is 36.4 Å². The van der Waals surface area contributed by atoms with Gasteiger partial charge in [-0.2, -0.15) is 0 Å². The second-order valence-corrected chi connectivity index (χ2v) is 7.89. The number of ether oxygens (including phenoxy) is 3. The monoisotopic (exact) mass is 562 g/mol. The molecule has 1 saturated heterocycles. The van der Waals surface area contributed by atoms with Gasteiger partial charge in [-0.15, -0.1) is 24.0 Å². The second kappa shape index (κ2) is 17.0. The minimum Gasteiger partial charge on any atom is -0.497 e. The topological polar surface area (TPSA) is 84.4 Å². The van der Waals surface area contributed by atoms with Gasteiger partial charge in [-0.3, -0.25) is 4.79 Å². The third-order valence-corrected chi connectivity index (χ3v) is 5.19. The second-order valence-electron chi connectivity index (χ2n) is 7.89. The first-order valence-corrected chi connectivity index (χ1v) is 11.1. The van der Waals surface area contributed by atoms with Gasteiger partial charge in [0.2, 0.25) is 5.91 Å². The predicted octanol–water partition coefficient (Wildman–Crippen LogP) is 2.31. The lowest BCUT2D eigenvalue weighted by molar-refractivity contribution is -0.127. The van der Waals surface area contributed by atoms with Gasteiger partial charge in [-0.05, 0) is 49.3 Å². The fourth-order valence-corrected chi connectivity index (χ4v) is 3.12. The molecule has 0 radical (unpaired) electrons. The quantitative estimate of drug-likeness (QED) is 0.176. The molecule has 0 bridgehead atoms. The number of hydrogen-bond acceptors (Lipinski definition) is 5. The molecule has 182 valence electrons. The van der Waals surface area contributed by atoms with E-state index in [0.717, 1.165) is 57.8 Å². The molecule has 1 fully saturated rings. The van der Waals surface area contributed by atoms with Crippen molar-refractivity contribution in [3.8, 4) is 5.75 Å². The van der Waals surface area contributed by atoms with Gasteiger partial charge in [0.25, 0.3) is 0 Å². The fraction of sp³-hybridized carbons (Fsp3) is 0.652. The lowest BCUT2D eigenvalue weighted by Crippen LogP contribution is -2.40. The lowest BCUT2D eigenvalue weighted by atomic mass is 10.0. The molecule has 0 saturated carbocycles. The summed E-state index contributed by atoms with van der Waals surface area (Å²) in [5.74, 6) is 2.08. The molecular weight excluding hydrogens is 523 g/mol. The van der Waals surface area contributed by atoms with Crippen LogP contribution in [-0.4, -0.2) is 84.0 Å². The molecule has 0 spiro atoms. The van der Waals surface area contributed by atoms with E-state index in [4.69, 9.17) is 14.2 Å². The number of aliphatic imine (C=N–C) groups is 1. The van der Waals surface area contributed by atoms with E-state index >= 15 is 0 Å². The first-order valence-electron chi connectivity index (χ1n) is 11.1. The number of rotatable bonds is 12. The highest BCUT2D eigenvalue weighted by Gasteiger charge is 2.13. The van der Waals surface area contributed by atoms with Gasteiger partial charge in [-0.1, -0.05) is 12.1 Å². The van der Waals surface area contributed by atoms with Crippen molar-refractivity contribution in [2.24, 2.45) is 10.9 Å². The molecule has 1 amide bonds. The van der Waals surface area contributed by atoms with E-state index in [0.29, 0.717) is 25.0 Å². The lowest BCUT2D eigenvalue weighted by Gasteiger charge is -2.21. The average molecular weight is 562 g/mol. The molecule has 1 aromatic rings. The SMILES string of the molecule is COc1ccc(CCNC(=NCC(=O)N(C)C)NCCCOCC2CCOCC2)cc1.I. The maximum atomic E-state index is 11.9. The first-order chi connectivity index (χ1) is 15.1. The van der Waals surface area contributed by atoms with Gasteiger partial charge in [0.05, 0.1) is 7.11 Å². The van der Waals surface area contributed by atoms with Crippen molar-refractivity contribution >= 4 is 35.8 Å². The molecule has 1 aliphatic rings. The van der Waals surface area contributed by atoms with Crippen molar-refractivity contribution in [1.29, 1.82) is 0 Å². The Kier molecular flexibility index (Phi) is 15.1. The normalized spacial score (nSPS) is 14.4.